The van der Waals surface area contributed by atoms with Crippen molar-refractivity contribution in [3.63, 3.8) is 0 Å². The van der Waals surface area contributed by atoms with Crippen LogP contribution in [0.25, 0.3) is 17.1 Å². The van der Waals surface area contributed by atoms with E-state index in [1.54, 1.807) is 4.68 Å². The number of nitrogen functional groups attached to an aromatic ring is 1. The molecule has 2 aliphatic heterocycles. The second-order valence-corrected chi connectivity index (χ2v) is 11.7. The number of aryl methyl sites for hydroxylation is 4. The van der Waals surface area contributed by atoms with Crippen molar-refractivity contribution in [1.82, 2.24) is 29.9 Å². The number of ether oxygens (including phenoxy) is 1. The fourth-order valence-electron chi connectivity index (χ4n) is 7.23. The Bertz CT molecular complexity index is 1580. The Morgan fingerprint density at radius 1 is 0.875 bits per heavy atom. The summed E-state index contributed by atoms with van der Waals surface area (Å²) in [6.07, 6.45) is 9.34. The topological polar surface area (TPSA) is 107 Å². The predicted molar refractivity (Wildman–Crippen MR) is 154 cm³/mol. The second-order valence-electron chi connectivity index (χ2n) is 11.7. The first-order chi connectivity index (χ1) is 19.7. The molecule has 3 N–H and O–H groups in total. The highest BCUT2D eigenvalue weighted by atomic mass is 16.5. The van der Waals surface area contributed by atoms with E-state index in [9.17, 15) is 0 Å². The Morgan fingerprint density at radius 3 is 2.62 bits per heavy atom. The van der Waals surface area contributed by atoms with Gasteiger partial charge in [-0.25, -0.2) is 0 Å². The lowest BCUT2D eigenvalue weighted by Crippen LogP contribution is -2.44. The summed E-state index contributed by atoms with van der Waals surface area (Å²) >= 11 is 0. The molecule has 9 nitrogen and oxygen atoms in total. The SMILES string of the molecule is Nc1nc(Nc2ccc3c(c2)CC[C@H](N2C[C@@H]4C[C@H]2CO4)CC3)nn1-c1cc2c(nn1)-c1ccccc1CCC2. The average Bonchev–Trinajstić information content (AvgIpc) is 3.62. The van der Waals surface area contributed by atoms with Crippen LogP contribution < -0.4 is 11.1 Å². The molecule has 0 unspecified atom stereocenters. The quantitative estimate of drug-likeness (QED) is 0.374. The van der Waals surface area contributed by atoms with Crippen molar-refractivity contribution in [3.05, 3.63) is 70.8 Å². The molecular weight excluding hydrogens is 500 g/mol. The molecule has 2 fully saturated rings. The van der Waals surface area contributed by atoms with E-state index >= 15 is 0 Å². The van der Waals surface area contributed by atoms with Crippen LogP contribution in [0, 0.1) is 0 Å². The molecule has 0 radical (unpaired) electrons. The van der Waals surface area contributed by atoms with Crippen LogP contribution >= 0.6 is 0 Å². The average molecular weight is 535 g/mol. The summed E-state index contributed by atoms with van der Waals surface area (Å²) < 4.78 is 7.42. The van der Waals surface area contributed by atoms with Gasteiger partial charge in [0.1, 0.15) is 0 Å². The zero-order valence-electron chi connectivity index (χ0n) is 22.6. The Labute approximate surface area is 233 Å². The third-order valence-electron chi connectivity index (χ3n) is 9.24. The highest BCUT2D eigenvalue weighted by Crippen LogP contribution is 2.35. The van der Waals surface area contributed by atoms with Gasteiger partial charge >= 0.3 is 0 Å². The van der Waals surface area contributed by atoms with Gasteiger partial charge in [-0.3, -0.25) is 4.90 Å². The maximum atomic E-state index is 6.31. The van der Waals surface area contributed by atoms with E-state index in [2.05, 4.69) is 79.0 Å². The maximum absolute atomic E-state index is 6.31. The summed E-state index contributed by atoms with van der Waals surface area (Å²) in [5.41, 5.74) is 14.8. The number of aromatic nitrogens is 5. The first-order valence-electron chi connectivity index (χ1n) is 14.6. The number of hydrogen-bond donors (Lipinski definition) is 2. The number of rotatable bonds is 4. The van der Waals surface area contributed by atoms with E-state index in [-0.39, 0.29) is 5.95 Å². The zero-order chi connectivity index (χ0) is 26.6. The number of nitrogens with one attached hydrogen (secondary N) is 1. The summed E-state index contributed by atoms with van der Waals surface area (Å²) in [5.74, 6) is 1.33. The normalized spacial score (nSPS) is 23.6. The van der Waals surface area contributed by atoms with Gasteiger partial charge in [0.2, 0.25) is 11.9 Å². The van der Waals surface area contributed by atoms with Gasteiger partial charge in [-0.05, 0) is 91.8 Å². The van der Waals surface area contributed by atoms with Crippen molar-refractivity contribution in [3.8, 4) is 17.1 Å². The molecule has 2 aromatic heterocycles. The molecule has 4 heterocycles. The molecule has 3 atom stereocenters. The van der Waals surface area contributed by atoms with Gasteiger partial charge in [0.05, 0.1) is 18.4 Å². The number of benzene rings is 2. The van der Waals surface area contributed by atoms with Crippen LogP contribution in [0.2, 0.25) is 0 Å². The van der Waals surface area contributed by atoms with E-state index in [1.165, 1.54) is 41.5 Å². The van der Waals surface area contributed by atoms with Crippen molar-refractivity contribution < 1.29 is 4.74 Å². The van der Waals surface area contributed by atoms with Crippen molar-refractivity contribution in [2.75, 3.05) is 24.2 Å². The third-order valence-corrected chi connectivity index (χ3v) is 9.24. The Kier molecular flexibility index (Phi) is 5.81. The van der Waals surface area contributed by atoms with Crippen LogP contribution in [0.4, 0.5) is 17.6 Å². The first-order valence-corrected chi connectivity index (χ1v) is 14.6. The lowest BCUT2D eigenvalue weighted by atomic mass is 10.0. The first kappa shape index (κ1) is 24.0. The number of morpholine rings is 1. The number of fused-ring (bicyclic) bond motifs is 6. The molecule has 2 bridgehead atoms. The molecule has 2 aliphatic carbocycles. The minimum Gasteiger partial charge on any atom is -0.375 e. The predicted octanol–water partition coefficient (Wildman–Crippen LogP) is 4.26. The summed E-state index contributed by atoms with van der Waals surface area (Å²) in [6, 6.07) is 18.4. The molecule has 204 valence electrons. The van der Waals surface area contributed by atoms with E-state index in [1.807, 2.05) is 0 Å². The van der Waals surface area contributed by atoms with Crippen molar-refractivity contribution in [2.45, 2.75) is 69.6 Å². The molecule has 9 heteroatoms. The lowest BCUT2D eigenvalue weighted by Gasteiger charge is -2.34. The van der Waals surface area contributed by atoms with E-state index in [0.717, 1.165) is 62.2 Å². The van der Waals surface area contributed by atoms with Crippen LogP contribution in [0.5, 0.6) is 0 Å². The van der Waals surface area contributed by atoms with Crippen molar-refractivity contribution in [2.24, 2.45) is 0 Å². The molecule has 0 spiro atoms. The number of nitrogens with zero attached hydrogens (tertiary/aromatic N) is 6. The Morgan fingerprint density at radius 2 is 1.75 bits per heavy atom. The smallest absolute Gasteiger partial charge is 0.248 e. The van der Waals surface area contributed by atoms with Gasteiger partial charge in [0.15, 0.2) is 5.82 Å². The van der Waals surface area contributed by atoms with E-state index in [4.69, 9.17) is 10.5 Å². The van der Waals surface area contributed by atoms with Gasteiger partial charge in [0, 0.05) is 29.9 Å². The maximum Gasteiger partial charge on any atom is 0.248 e. The molecular formula is C31H34N8O. The van der Waals surface area contributed by atoms with Crippen molar-refractivity contribution in [1.29, 1.82) is 0 Å². The zero-order valence-corrected chi connectivity index (χ0v) is 22.6. The van der Waals surface area contributed by atoms with Gasteiger partial charge in [-0.15, -0.1) is 15.3 Å². The van der Waals surface area contributed by atoms with Crippen molar-refractivity contribution >= 4 is 17.6 Å². The van der Waals surface area contributed by atoms with E-state index in [0.29, 0.717) is 30.0 Å². The highest BCUT2D eigenvalue weighted by Gasteiger charge is 2.42. The summed E-state index contributed by atoms with van der Waals surface area (Å²) in [7, 11) is 0. The molecule has 8 rings (SSSR count). The summed E-state index contributed by atoms with van der Waals surface area (Å²) in [4.78, 5) is 7.22. The molecule has 4 aromatic rings. The van der Waals surface area contributed by atoms with Crippen LogP contribution in [-0.2, 0) is 30.4 Å². The molecule has 0 saturated carbocycles. The fourth-order valence-corrected chi connectivity index (χ4v) is 7.23. The molecule has 0 amide bonds. The minimum absolute atomic E-state index is 0.285. The largest absolute Gasteiger partial charge is 0.375 e. The monoisotopic (exact) mass is 534 g/mol. The number of likely N-dealkylation sites (tertiary alicyclic amines) is 1. The van der Waals surface area contributed by atoms with Crippen LogP contribution in [0.3, 0.4) is 0 Å². The fraction of sp³-hybridized carbons (Fsp3) is 0.419. The lowest BCUT2D eigenvalue weighted by molar-refractivity contribution is 0.00854. The molecule has 2 aromatic carbocycles. The third kappa shape index (κ3) is 4.24. The summed E-state index contributed by atoms with van der Waals surface area (Å²) in [5, 5.41) is 17.1. The summed E-state index contributed by atoms with van der Waals surface area (Å²) in [6.45, 7) is 2.02. The van der Waals surface area contributed by atoms with Gasteiger partial charge in [-0.2, -0.15) is 9.67 Å². The Hall–Kier alpha value is -3.82. The number of nitrogens with two attached hydrogens (primary N) is 1. The minimum atomic E-state index is 0.285. The van der Waals surface area contributed by atoms with Gasteiger partial charge < -0.3 is 15.8 Å². The second kappa shape index (κ2) is 9.67. The van der Waals surface area contributed by atoms with Gasteiger partial charge in [0.25, 0.3) is 0 Å². The Balaban J connectivity index is 1.00. The highest BCUT2D eigenvalue weighted by molar-refractivity contribution is 5.68. The van der Waals surface area contributed by atoms with Crippen LogP contribution in [-0.4, -0.2) is 61.2 Å². The van der Waals surface area contributed by atoms with E-state index < -0.39 is 0 Å². The molecule has 2 saturated heterocycles. The molecule has 4 aliphatic rings. The van der Waals surface area contributed by atoms with Crippen LogP contribution in [0.1, 0.15) is 47.9 Å². The standard InChI is InChI=1S/C31H34N8O/c32-30-34-31(37-39(30)28-15-22-6-3-5-20-4-1-2-7-27(20)29(22)36-35-28)33-23-11-8-19-9-12-24(13-10-21(19)14-23)38-17-26-16-25(38)18-40-26/h1-2,4,7-8,11,14-15,24-26H,3,5-6,9-10,12-13,16-18H2,(H3,32,33,34,37)/t24-,25+,26+/m1/s1. The van der Waals surface area contributed by atoms with Crippen LogP contribution in [0.15, 0.2) is 48.5 Å². The number of anilines is 3. The molecule has 40 heavy (non-hydrogen) atoms. The number of hydrogen-bond acceptors (Lipinski definition) is 8. The van der Waals surface area contributed by atoms with Gasteiger partial charge in [-0.1, -0.05) is 30.3 Å².